The van der Waals surface area contributed by atoms with Crippen molar-refractivity contribution in [2.24, 2.45) is 11.3 Å². The van der Waals surface area contributed by atoms with Crippen LogP contribution < -0.4 is 10.6 Å². The van der Waals surface area contributed by atoms with Crippen LogP contribution in [0.2, 0.25) is 0 Å². The van der Waals surface area contributed by atoms with Gasteiger partial charge in [-0.15, -0.1) is 0 Å². The third-order valence-corrected chi connectivity index (χ3v) is 5.59. The highest BCUT2D eigenvalue weighted by molar-refractivity contribution is 6.10. The van der Waals surface area contributed by atoms with E-state index in [0.29, 0.717) is 24.4 Å². The van der Waals surface area contributed by atoms with Gasteiger partial charge >= 0.3 is 6.03 Å². The third kappa shape index (κ3) is 3.84. The maximum absolute atomic E-state index is 13.1. The maximum atomic E-state index is 13.1. The fourth-order valence-corrected chi connectivity index (χ4v) is 4.85. The number of hydrogen-bond acceptors (Lipinski definition) is 3. The summed E-state index contributed by atoms with van der Waals surface area (Å²) in [4.78, 5) is 39.2. The molecule has 27 heavy (non-hydrogen) atoms. The average Bonchev–Trinajstić information content (AvgIpc) is 2.72. The second-order valence-corrected chi connectivity index (χ2v) is 9.12. The van der Waals surface area contributed by atoms with E-state index < -0.39 is 11.6 Å². The fourth-order valence-electron chi connectivity index (χ4n) is 4.85. The summed E-state index contributed by atoms with van der Waals surface area (Å²) < 4.78 is 0. The van der Waals surface area contributed by atoms with Gasteiger partial charge in [0.2, 0.25) is 5.91 Å². The van der Waals surface area contributed by atoms with Crippen LogP contribution in [0.25, 0.3) is 0 Å². The average molecular weight is 371 g/mol. The topological polar surface area (TPSA) is 78.5 Å². The minimum atomic E-state index is -0.877. The lowest BCUT2D eigenvalue weighted by atomic mass is 9.64. The number of aryl methyl sites for hydroxylation is 2. The molecular formula is C21H29N3O3. The van der Waals surface area contributed by atoms with Crippen molar-refractivity contribution >= 4 is 23.5 Å². The smallest absolute Gasteiger partial charge is 0.324 e. The third-order valence-electron chi connectivity index (χ3n) is 5.59. The normalized spacial score (nSPS) is 27.0. The quantitative estimate of drug-likeness (QED) is 0.800. The maximum Gasteiger partial charge on any atom is 0.325 e. The summed E-state index contributed by atoms with van der Waals surface area (Å²) in [5.41, 5.74) is 1.76. The summed E-state index contributed by atoms with van der Waals surface area (Å²) in [6.45, 7) is 9.94. The van der Waals surface area contributed by atoms with Crippen molar-refractivity contribution < 1.29 is 14.4 Å². The molecule has 2 fully saturated rings. The Hall–Kier alpha value is -2.37. The summed E-state index contributed by atoms with van der Waals surface area (Å²) in [6, 6.07) is 5.31. The molecule has 2 aliphatic rings. The number of imide groups is 1. The molecule has 0 aromatic heterocycles. The number of hydrogen-bond donors (Lipinski definition) is 2. The second-order valence-electron chi connectivity index (χ2n) is 9.12. The van der Waals surface area contributed by atoms with E-state index in [1.54, 1.807) is 0 Å². The Morgan fingerprint density at radius 3 is 2.63 bits per heavy atom. The molecule has 3 rings (SSSR count). The van der Waals surface area contributed by atoms with Gasteiger partial charge in [0.05, 0.1) is 0 Å². The molecule has 1 aromatic rings. The van der Waals surface area contributed by atoms with Crippen molar-refractivity contribution in [1.82, 2.24) is 10.2 Å². The highest BCUT2D eigenvalue weighted by Crippen LogP contribution is 2.46. The lowest BCUT2D eigenvalue weighted by Crippen LogP contribution is -2.54. The van der Waals surface area contributed by atoms with Crippen LogP contribution in [0.4, 0.5) is 10.5 Å². The molecule has 1 aliphatic carbocycles. The van der Waals surface area contributed by atoms with Gasteiger partial charge in [-0.2, -0.15) is 0 Å². The lowest BCUT2D eigenvalue weighted by molar-refractivity contribution is -0.136. The molecule has 1 saturated heterocycles. The first-order valence-corrected chi connectivity index (χ1v) is 9.53. The minimum Gasteiger partial charge on any atom is -0.324 e. The SMILES string of the molecule is Cc1ccc(C)c(NC(=O)CN2C(=O)N[C@@]3(C[C@H](C)CC(C)(C)C3)C2=O)c1. The number of anilines is 1. The number of benzene rings is 1. The van der Waals surface area contributed by atoms with Gasteiger partial charge in [-0.3, -0.25) is 14.5 Å². The number of rotatable bonds is 3. The number of carbonyl (C=O) groups is 3. The molecule has 1 saturated carbocycles. The molecule has 0 bridgehead atoms. The molecule has 2 atom stereocenters. The molecule has 6 nitrogen and oxygen atoms in total. The summed E-state index contributed by atoms with van der Waals surface area (Å²) in [5.74, 6) is -0.308. The summed E-state index contributed by atoms with van der Waals surface area (Å²) in [5, 5.41) is 5.72. The number of amides is 4. The minimum absolute atomic E-state index is 0.0302. The Bertz CT molecular complexity index is 802. The zero-order chi connectivity index (χ0) is 20.0. The van der Waals surface area contributed by atoms with E-state index in [9.17, 15) is 14.4 Å². The van der Waals surface area contributed by atoms with Gasteiger partial charge in [-0.05, 0) is 61.6 Å². The number of nitrogens with zero attached hydrogens (tertiary/aromatic N) is 1. The van der Waals surface area contributed by atoms with Crippen molar-refractivity contribution in [3.63, 3.8) is 0 Å². The summed E-state index contributed by atoms with van der Waals surface area (Å²) >= 11 is 0. The van der Waals surface area contributed by atoms with Gasteiger partial charge in [-0.25, -0.2) is 4.79 Å². The standard InChI is InChI=1S/C21H29N3O3/c1-13-6-7-15(3)16(8-13)22-17(25)11-24-18(26)21(23-19(24)27)10-14(2)9-20(4,5)12-21/h6-8,14H,9-12H2,1-5H3,(H,22,25)(H,23,27)/t14-,21-/m1/s1. The van der Waals surface area contributed by atoms with E-state index in [0.717, 1.165) is 22.4 Å². The Morgan fingerprint density at radius 2 is 1.96 bits per heavy atom. The van der Waals surface area contributed by atoms with E-state index in [4.69, 9.17) is 0 Å². The molecule has 1 heterocycles. The molecule has 0 radical (unpaired) electrons. The Morgan fingerprint density at radius 1 is 1.26 bits per heavy atom. The summed E-state index contributed by atoms with van der Waals surface area (Å²) in [7, 11) is 0. The van der Waals surface area contributed by atoms with Crippen LogP contribution >= 0.6 is 0 Å². The Balaban J connectivity index is 1.74. The van der Waals surface area contributed by atoms with Gasteiger partial charge < -0.3 is 10.6 Å². The Labute approximate surface area is 160 Å². The van der Waals surface area contributed by atoms with E-state index >= 15 is 0 Å². The van der Waals surface area contributed by atoms with Crippen molar-refractivity contribution in [2.75, 3.05) is 11.9 Å². The largest absolute Gasteiger partial charge is 0.325 e. The van der Waals surface area contributed by atoms with Crippen LogP contribution in [-0.4, -0.2) is 34.8 Å². The molecule has 6 heteroatoms. The second kappa shape index (κ2) is 6.66. The number of carbonyl (C=O) groups excluding carboxylic acids is 3. The van der Waals surface area contributed by atoms with Gasteiger partial charge in [0.15, 0.2) is 0 Å². The van der Waals surface area contributed by atoms with Crippen molar-refractivity contribution in [3.8, 4) is 0 Å². The molecule has 1 aromatic carbocycles. The van der Waals surface area contributed by atoms with Crippen LogP contribution in [0.1, 0.15) is 51.2 Å². The first-order chi connectivity index (χ1) is 12.5. The molecule has 1 aliphatic heterocycles. The van der Waals surface area contributed by atoms with Crippen molar-refractivity contribution in [1.29, 1.82) is 0 Å². The van der Waals surface area contributed by atoms with E-state index in [1.807, 2.05) is 32.0 Å². The molecule has 1 spiro atoms. The molecule has 0 unspecified atom stereocenters. The highest BCUT2D eigenvalue weighted by atomic mass is 16.2. The zero-order valence-electron chi connectivity index (χ0n) is 16.8. The number of urea groups is 1. The first-order valence-electron chi connectivity index (χ1n) is 9.53. The van der Waals surface area contributed by atoms with E-state index in [2.05, 4.69) is 31.4 Å². The van der Waals surface area contributed by atoms with Gasteiger partial charge in [0.1, 0.15) is 12.1 Å². The van der Waals surface area contributed by atoms with Crippen LogP contribution in [0, 0.1) is 25.2 Å². The molecule has 146 valence electrons. The van der Waals surface area contributed by atoms with E-state index in [1.165, 1.54) is 0 Å². The monoisotopic (exact) mass is 371 g/mol. The first kappa shape index (κ1) is 19.4. The predicted molar refractivity (Wildman–Crippen MR) is 104 cm³/mol. The van der Waals surface area contributed by atoms with Gasteiger partial charge in [0.25, 0.3) is 5.91 Å². The lowest BCUT2D eigenvalue weighted by Gasteiger charge is -2.43. The zero-order valence-corrected chi connectivity index (χ0v) is 16.8. The number of nitrogens with one attached hydrogen (secondary N) is 2. The molecule has 2 N–H and O–H groups in total. The Kier molecular flexibility index (Phi) is 4.78. The molecule has 4 amide bonds. The van der Waals surface area contributed by atoms with Gasteiger partial charge in [-0.1, -0.05) is 32.9 Å². The van der Waals surface area contributed by atoms with Crippen LogP contribution in [0.3, 0.4) is 0 Å². The van der Waals surface area contributed by atoms with Crippen LogP contribution in [0.5, 0.6) is 0 Å². The van der Waals surface area contributed by atoms with Crippen molar-refractivity contribution in [3.05, 3.63) is 29.3 Å². The highest BCUT2D eigenvalue weighted by Gasteiger charge is 2.56. The summed E-state index contributed by atoms with van der Waals surface area (Å²) in [6.07, 6.45) is 2.24. The van der Waals surface area contributed by atoms with E-state index in [-0.39, 0.29) is 23.8 Å². The van der Waals surface area contributed by atoms with Crippen LogP contribution in [-0.2, 0) is 9.59 Å². The predicted octanol–water partition coefficient (Wildman–Crippen LogP) is 3.38. The van der Waals surface area contributed by atoms with Gasteiger partial charge in [0, 0.05) is 5.69 Å². The van der Waals surface area contributed by atoms with Crippen LogP contribution in [0.15, 0.2) is 18.2 Å². The molecular weight excluding hydrogens is 342 g/mol. The fraction of sp³-hybridized carbons (Fsp3) is 0.571. The van der Waals surface area contributed by atoms with Crippen molar-refractivity contribution in [2.45, 2.75) is 59.4 Å².